The predicted molar refractivity (Wildman–Crippen MR) is 92.1 cm³/mol. The minimum absolute atomic E-state index is 0.851. The van der Waals surface area contributed by atoms with Crippen LogP contribution in [0.3, 0.4) is 0 Å². The van der Waals surface area contributed by atoms with Crippen LogP contribution in [0.5, 0.6) is 11.5 Å². The number of nitrogens with zero attached hydrogens (tertiary/aromatic N) is 1. The van der Waals surface area contributed by atoms with Crippen molar-refractivity contribution in [2.75, 3.05) is 19.1 Å². The lowest BCUT2D eigenvalue weighted by Gasteiger charge is -2.23. The van der Waals surface area contributed by atoms with E-state index in [2.05, 4.69) is 46.7 Å². The Morgan fingerprint density at radius 2 is 1.23 bits per heavy atom. The average Bonchev–Trinajstić information content (AvgIpc) is 3.10. The lowest BCUT2D eigenvalue weighted by atomic mass is 10.2. The molecule has 0 aliphatic carbocycles. The fourth-order valence-electron chi connectivity index (χ4n) is 2.26. The molecule has 22 heavy (non-hydrogen) atoms. The maximum absolute atomic E-state index is 5.24. The second kappa shape index (κ2) is 6.54. The van der Waals surface area contributed by atoms with E-state index in [9.17, 15) is 0 Å². The Labute approximate surface area is 134 Å². The highest BCUT2D eigenvalue weighted by Crippen LogP contribution is 2.38. The SMILES string of the molecule is COc1ccc(N(c2ccc(OC)cc2)c2cccs2)cc1. The first-order valence-electron chi connectivity index (χ1n) is 6.93. The van der Waals surface area contributed by atoms with Gasteiger partial charge in [-0.05, 0) is 66.0 Å². The molecular weight excluding hydrogens is 294 g/mol. The highest BCUT2D eigenvalue weighted by atomic mass is 32.1. The molecule has 2 aromatic carbocycles. The number of ether oxygens (including phenoxy) is 2. The van der Waals surface area contributed by atoms with Crippen LogP contribution in [-0.2, 0) is 0 Å². The minimum Gasteiger partial charge on any atom is -0.497 e. The second-order valence-electron chi connectivity index (χ2n) is 4.68. The predicted octanol–water partition coefficient (Wildman–Crippen LogP) is 5.24. The summed E-state index contributed by atoms with van der Waals surface area (Å²) in [4.78, 5) is 2.21. The minimum atomic E-state index is 0.851. The Morgan fingerprint density at radius 3 is 1.59 bits per heavy atom. The Kier molecular flexibility index (Phi) is 4.30. The van der Waals surface area contributed by atoms with Gasteiger partial charge < -0.3 is 14.4 Å². The van der Waals surface area contributed by atoms with E-state index in [1.807, 2.05) is 24.3 Å². The molecular formula is C18H17NO2S. The summed E-state index contributed by atoms with van der Waals surface area (Å²) in [6.07, 6.45) is 0. The van der Waals surface area contributed by atoms with Crippen molar-refractivity contribution in [2.24, 2.45) is 0 Å². The van der Waals surface area contributed by atoms with Gasteiger partial charge in [-0.25, -0.2) is 0 Å². The van der Waals surface area contributed by atoms with Gasteiger partial charge in [0.05, 0.1) is 19.2 Å². The van der Waals surface area contributed by atoms with Gasteiger partial charge in [-0.3, -0.25) is 0 Å². The lowest BCUT2D eigenvalue weighted by Crippen LogP contribution is -2.08. The molecule has 0 aliphatic heterocycles. The van der Waals surface area contributed by atoms with E-state index >= 15 is 0 Å². The molecule has 0 saturated heterocycles. The summed E-state index contributed by atoms with van der Waals surface area (Å²) in [5, 5.41) is 3.24. The Hall–Kier alpha value is -2.46. The summed E-state index contributed by atoms with van der Waals surface area (Å²) < 4.78 is 10.5. The van der Waals surface area contributed by atoms with Gasteiger partial charge in [0, 0.05) is 11.4 Å². The number of thiophene rings is 1. The first-order valence-corrected chi connectivity index (χ1v) is 7.81. The molecule has 0 saturated carbocycles. The Bertz CT molecular complexity index is 658. The highest BCUT2D eigenvalue weighted by molar-refractivity contribution is 7.14. The molecule has 1 aromatic heterocycles. The van der Waals surface area contributed by atoms with Crippen LogP contribution in [0.1, 0.15) is 0 Å². The normalized spacial score (nSPS) is 10.3. The molecule has 0 spiro atoms. The largest absolute Gasteiger partial charge is 0.497 e. The summed E-state index contributed by atoms with van der Waals surface area (Å²) in [6.45, 7) is 0. The number of hydrogen-bond donors (Lipinski definition) is 0. The topological polar surface area (TPSA) is 21.7 Å². The fourth-order valence-corrected chi connectivity index (χ4v) is 3.03. The molecule has 0 fully saturated rings. The number of hydrogen-bond acceptors (Lipinski definition) is 4. The third kappa shape index (κ3) is 2.92. The molecule has 112 valence electrons. The van der Waals surface area contributed by atoms with Gasteiger partial charge in [-0.2, -0.15) is 0 Å². The van der Waals surface area contributed by atoms with Crippen LogP contribution >= 0.6 is 11.3 Å². The first kappa shape index (κ1) is 14.5. The van der Waals surface area contributed by atoms with Gasteiger partial charge in [0.15, 0.2) is 0 Å². The fraction of sp³-hybridized carbons (Fsp3) is 0.111. The van der Waals surface area contributed by atoms with Gasteiger partial charge in [0.25, 0.3) is 0 Å². The molecule has 0 bridgehead atoms. The van der Waals surface area contributed by atoms with E-state index < -0.39 is 0 Å². The summed E-state index contributed by atoms with van der Waals surface area (Å²) >= 11 is 1.70. The quantitative estimate of drug-likeness (QED) is 0.643. The van der Waals surface area contributed by atoms with Crippen LogP contribution in [0.15, 0.2) is 66.0 Å². The van der Waals surface area contributed by atoms with Crippen LogP contribution in [-0.4, -0.2) is 14.2 Å². The zero-order chi connectivity index (χ0) is 15.4. The third-order valence-corrected chi connectivity index (χ3v) is 4.24. The van der Waals surface area contributed by atoms with Crippen LogP contribution in [0.4, 0.5) is 16.4 Å². The molecule has 3 nitrogen and oxygen atoms in total. The van der Waals surface area contributed by atoms with Crippen molar-refractivity contribution in [1.29, 1.82) is 0 Å². The van der Waals surface area contributed by atoms with Crippen molar-refractivity contribution >= 4 is 27.7 Å². The first-order chi connectivity index (χ1) is 10.8. The molecule has 4 heteroatoms. The highest BCUT2D eigenvalue weighted by Gasteiger charge is 2.13. The summed E-state index contributed by atoms with van der Waals surface area (Å²) in [5.74, 6) is 1.70. The van der Waals surface area contributed by atoms with E-state index in [1.54, 1.807) is 25.6 Å². The van der Waals surface area contributed by atoms with Crippen molar-refractivity contribution in [3.63, 3.8) is 0 Å². The van der Waals surface area contributed by atoms with E-state index in [0.717, 1.165) is 27.9 Å². The smallest absolute Gasteiger partial charge is 0.119 e. The van der Waals surface area contributed by atoms with Gasteiger partial charge in [0.2, 0.25) is 0 Å². The van der Waals surface area contributed by atoms with Crippen LogP contribution in [0.2, 0.25) is 0 Å². The van der Waals surface area contributed by atoms with Crippen molar-refractivity contribution in [1.82, 2.24) is 0 Å². The lowest BCUT2D eigenvalue weighted by molar-refractivity contribution is 0.415. The van der Waals surface area contributed by atoms with E-state index in [1.165, 1.54) is 0 Å². The Morgan fingerprint density at radius 1 is 0.727 bits per heavy atom. The molecule has 3 aromatic rings. The van der Waals surface area contributed by atoms with Gasteiger partial charge in [0.1, 0.15) is 11.5 Å². The molecule has 3 rings (SSSR count). The van der Waals surface area contributed by atoms with E-state index in [4.69, 9.17) is 9.47 Å². The monoisotopic (exact) mass is 311 g/mol. The van der Waals surface area contributed by atoms with Crippen LogP contribution in [0, 0.1) is 0 Å². The Balaban J connectivity index is 2.02. The van der Waals surface area contributed by atoms with E-state index in [0.29, 0.717) is 0 Å². The van der Waals surface area contributed by atoms with Gasteiger partial charge in [-0.15, -0.1) is 11.3 Å². The number of methoxy groups -OCH3 is 2. The van der Waals surface area contributed by atoms with Crippen molar-refractivity contribution in [2.45, 2.75) is 0 Å². The standard InChI is InChI=1S/C18H17NO2S/c1-20-16-9-5-14(6-10-16)19(18-4-3-13-22-18)15-7-11-17(21-2)12-8-15/h3-13H,1-2H3. The second-order valence-corrected chi connectivity index (χ2v) is 5.61. The zero-order valence-corrected chi connectivity index (χ0v) is 13.3. The molecule has 0 N–H and O–H groups in total. The maximum atomic E-state index is 5.24. The summed E-state index contributed by atoms with van der Waals surface area (Å²) in [5.41, 5.74) is 2.18. The van der Waals surface area contributed by atoms with Crippen molar-refractivity contribution in [3.05, 3.63) is 66.0 Å². The molecule has 0 atom stereocenters. The average molecular weight is 311 g/mol. The van der Waals surface area contributed by atoms with Gasteiger partial charge in [-0.1, -0.05) is 0 Å². The molecule has 1 heterocycles. The zero-order valence-electron chi connectivity index (χ0n) is 12.5. The maximum Gasteiger partial charge on any atom is 0.119 e. The van der Waals surface area contributed by atoms with Crippen LogP contribution in [0.25, 0.3) is 0 Å². The van der Waals surface area contributed by atoms with E-state index in [-0.39, 0.29) is 0 Å². The van der Waals surface area contributed by atoms with Gasteiger partial charge >= 0.3 is 0 Å². The van der Waals surface area contributed by atoms with Crippen LogP contribution < -0.4 is 14.4 Å². The molecule has 0 aliphatic rings. The number of anilines is 3. The third-order valence-electron chi connectivity index (χ3n) is 3.39. The number of benzene rings is 2. The number of rotatable bonds is 5. The molecule has 0 unspecified atom stereocenters. The van der Waals surface area contributed by atoms with Crippen molar-refractivity contribution < 1.29 is 9.47 Å². The van der Waals surface area contributed by atoms with Crippen molar-refractivity contribution in [3.8, 4) is 11.5 Å². The molecule has 0 radical (unpaired) electrons. The summed E-state index contributed by atoms with van der Waals surface area (Å²) in [6, 6.07) is 20.3. The molecule has 0 amide bonds. The summed E-state index contributed by atoms with van der Waals surface area (Å²) in [7, 11) is 3.35.